The summed E-state index contributed by atoms with van der Waals surface area (Å²) in [7, 11) is 0. The number of thiophene rings is 1. The van der Waals surface area contributed by atoms with Gasteiger partial charge in [-0.05, 0) is 38.8 Å². The zero-order chi connectivity index (χ0) is 16.0. The lowest BCUT2D eigenvalue weighted by molar-refractivity contribution is -0.133. The lowest BCUT2D eigenvalue weighted by atomic mass is 10.2. The number of hydrogen-bond acceptors (Lipinski definition) is 4. The maximum Gasteiger partial charge on any atom is 0.348 e. The summed E-state index contributed by atoms with van der Waals surface area (Å²) in [6.45, 7) is 12.4. The molecule has 1 rings (SSSR count). The quantitative estimate of drug-likeness (QED) is 0.574. The van der Waals surface area contributed by atoms with E-state index in [4.69, 9.17) is 4.74 Å². The van der Waals surface area contributed by atoms with E-state index in [9.17, 15) is 9.59 Å². The highest BCUT2D eigenvalue weighted by Gasteiger charge is 2.17. The van der Waals surface area contributed by atoms with Crippen molar-refractivity contribution in [3.63, 3.8) is 0 Å². The zero-order valence-electron chi connectivity index (χ0n) is 13.2. The summed E-state index contributed by atoms with van der Waals surface area (Å²) < 4.78 is 5.12. The maximum absolute atomic E-state index is 12.0. The molecule has 21 heavy (non-hydrogen) atoms. The van der Waals surface area contributed by atoms with Crippen molar-refractivity contribution in [3.05, 3.63) is 33.5 Å². The van der Waals surface area contributed by atoms with E-state index in [0.717, 1.165) is 17.6 Å². The van der Waals surface area contributed by atoms with Crippen molar-refractivity contribution in [3.8, 4) is 0 Å². The minimum atomic E-state index is -0.428. The van der Waals surface area contributed by atoms with Gasteiger partial charge in [0.25, 0.3) is 5.91 Å². The van der Waals surface area contributed by atoms with Gasteiger partial charge >= 0.3 is 5.97 Å². The lowest BCUT2D eigenvalue weighted by Crippen LogP contribution is -2.35. The first-order valence-electron chi connectivity index (χ1n) is 7.07. The van der Waals surface area contributed by atoms with Gasteiger partial charge < -0.3 is 9.64 Å². The fourth-order valence-corrected chi connectivity index (χ4v) is 2.97. The molecular formula is C16H23NO3S. The molecule has 0 saturated carbocycles. The van der Waals surface area contributed by atoms with Crippen LogP contribution >= 0.6 is 11.3 Å². The number of rotatable bonds is 7. The SMILES string of the molecule is C=C(C)CN(CC)C(=O)COC(=O)c1cc(C)c(CC)s1. The Bertz CT molecular complexity index is 534. The minimum absolute atomic E-state index is 0.196. The van der Waals surface area contributed by atoms with Crippen LogP contribution in [0, 0.1) is 6.92 Å². The Balaban J connectivity index is 2.58. The predicted molar refractivity (Wildman–Crippen MR) is 85.8 cm³/mol. The Morgan fingerprint density at radius 2 is 2.05 bits per heavy atom. The van der Waals surface area contributed by atoms with Gasteiger partial charge in [-0.3, -0.25) is 4.79 Å². The van der Waals surface area contributed by atoms with E-state index in [-0.39, 0.29) is 12.5 Å². The second-order valence-corrected chi connectivity index (χ2v) is 6.15. The van der Waals surface area contributed by atoms with E-state index < -0.39 is 5.97 Å². The van der Waals surface area contributed by atoms with Crippen LogP contribution in [0.3, 0.4) is 0 Å². The van der Waals surface area contributed by atoms with E-state index in [1.165, 1.54) is 16.2 Å². The van der Waals surface area contributed by atoms with Crippen LogP contribution in [0.25, 0.3) is 0 Å². The first-order chi connectivity index (χ1) is 9.88. The smallest absolute Gasteiger partial charge is 0.348 e. The van der Waals surface area contributed by atoms with Crippen molar-refractivity contribution in [2.45, 2.75) is 34.1 Å². The molecule has 0 radical (unpaired) electrons. The van der Waals surface area contributed by atoms with Crippen molar-refractivity contribution in [1.82, 2.24) is 4.90 Å². The third kappa shape index (κ3) is 5.01. The first-order valence-corrected chi connectivity index (χ1v) is 7.89. The van der Waals surface area contributed by atoms with Crippen LogP contribution in [0.1, 0.15) is 40.9 Å². The van der Waals surface area contributed by atoms with E-state index in [0.29, 0.717) is 18.0 Å². The number of carbonyl (C=O) groups is 2. The molecule has 0 unspecified atom stereocenters. The van der Waals surface area contributed by atoms with Gasteiger partial charge in [0.15, 0.2) is 6.61 Å². The number of nitrogens with zero attached hydrogens (tertiary/aromatic N) is 1. The Morgan fingerprint density at radius 1 is 1.38 bits per heavy atom. The van der Waals surface area contributed by atoms with Crippen molar-refractivity contribution in [1.29, 1.82) is 0 Å². The largest absolute Gasteiger partial charge is 0.451 e. The first kappa shape index (κ1) is 17.4. The van der Waals surface area contributed by atoms with Gasteiger partial charge in [0.2, 0.25) is 0 Å². The molecule has 0 aromatic carbocycles. The minimum Gasteiger partial charge on any atom is -0.451 e. The van der Waals surface area contributed by atoms with Crippen LogP contribution in [-0.2, 0) is 16.0 Å². The highest BCUT2D eigenvalue weighted by atomic mass is 32.1. The summed E-state index contributed by atoms with van der Waals surface area (Å²) >= 11 is 1.43. The Morgan fingerprint density at radius 3 is 2.52 bits per heavy atom. The number of hydrogen-bond donors (Lipinski definition) is 0. The van der Waals surface area contributed by atoms with Gasteiger partial charge in [-0.2, -0.15) is 0 Å². The van der Waals surface area contributed by atoms with Crippen molar-refractivity contribution >= 4 is 23.2 Å². The second-order valence-electron chi connectivity index (χ2n) is 5.01. The number of amides is 1. The molecular weight excluding hydrogens is 286 g/mol. The highest BCUT2D eigenvalue weighted by molar-refractivity contribution is 7.14. The van der Waals surface area contributed by atoms with Crippen molar-refractivity contribution in [2.24, 2.45) is 0 Å². The molecule has 1 aromatic heterocycles. The summed E-state index contributed by atoms with van der Waals surface area (Å²) in [4.78, 5) is 27.3. The molecule has 0 atom stereocenters. The Hall–Kier alpha value is -1.62. The maximum atomic E-state index is 12.0. The number of likely N-dealkylation sites (N-methyl/N-ethyl adjacent to an activating group) is 1. The molecule has 5 heteroatoms. The Kier molecular flexibility index (Phi) is 6.62. The average molecular weight is 309 g/mol. The van der Waals surface area contributed by atoms with E-state index in [2.05, 4.69) is 6.58 Å². The van der Waals surface area contributed by atoms with Gasteiger partial charge in [0.1, 0.15) is 4.88 Å². The number of ether oxygens (including phenoxy) is 1. The molecule has 1 amide bonds. The van der Waals surface area contributed by atoms with Crippen LogP contribution in [0.4, 0.5) is 0 Å². The van der Waals surface area contributed by atoms with Gasteiger partial charge in [-0.1, -0.05) is 19.1 Å². The van der Waals surface area contributed by atoms with Gasteiger partial charge in [-0.25, -0.2) is 4.79 Å². The van der Waals surface area contributed by atoms with Gasteiger partial charge in [-0.15, -0.1) is 11.3 Å². The third-order valence-corrected chi connectivity index (χ3v) is 4.43. The van der Waals surface area contributed by atoms with Crippen LogP contribution < -0.4 is 0 Å². The second kappa shape index (κ2) is 7.98. The molecule has 0 N–H and O–H groups in total. The molecule has 0 saturated heterocycles. The molecule has 0 aliphatic rings. The van der Waals surface area contributed by atoms with Crippen LogP contribution in [0.15, 0.2) is 18.2 Å². The van der Waals surface area contributed by atoms with Gasteiger partial charge in [0, 0.05) is 18.0 Å². The summed E-state index contributed by atoms with van der Waals surface area (Å²) in [6, 6.07) is 1.82. The van der Waals surface area contributed by atoms with Gasteiger partial charge in [0.05, 0.1) is 0 Å². The molecule has 0 aliphatic carbocycles. The normalized spacial score (nSPS) is 10.3. The molecule has 116 valence electrons. The van der Waals surface area contributed by atoms with E-state index >= 15 is 0 Å². The fraction of sp³-hybridized carbons (Fsp3) is 0.500. The predicted octanol–water partition coefficient (Wildman–Crippen LogP) is 3.20. The molecule has 0 bridgehead atoms. The Labute approximate surface area is 130 Å². The molecule has 0 spiro atoms. The summed E-state index contributed by atoms with van der Waals surface area (Å²) in [5, 5.41) is 0. The molecule has 1 heterocycles. The molecule has 1 aromatic rings. The summed E-state index contributed by atoms with van der Waals surface area (Å²) in [6.07, 6.45) is 0.894. The van der Waals surface area contributed by atoms with Crippen molar-refractivity contribution in [2.75, 3.05) is 19.7 Å². The monoisotopic (exact) mass is 309 g/mol. The average Bonchev–Trinajstić information content (AvgIpc) is 2.82. The fourth-order valence-electron chi connectivity index (χ4n) is 1.96. The van der Waals surface area contributed by atoms with Crippen LogP contribution in [0.5, 0.6) is 0 Å². The molecule has 0 aliphatic heterocycles. The summed E-state index contributed by atoms with van der Waals surface area (Å²) in [5.74, 6) is -0.625. The highest BCUT2D eigenvalue weighted by Crippen LogP contribution is 2.23. The third-order valence-electron chi connectivity index (χ3n) is 3.06. The van der Waals surface area contributed by atoms with E-state index in [1.54, 1.807) is 4.90 Å². The van der Waals surface area contributed by atoms with Crippen LogP contribution in [0.2, 0.25) is 0 Å². The number of aryl methyl sites for hydroxylation is 2. The number of carbonyl (C=O) groups excluding carboxylic acids is 2. The standard InChI is InChI=1S/C16H23NO3S/c1-6-13-12(5)8-14(21-13)16(19)20-10-15(18)17(7-2)9-11(3)4/h8H,3,6-7,9-10H2,1-2,4-5H3. The van der Waals surface area contributed by atoms with Crippen molar-refractivity contribution < 1.29 is 14.3 Å². The topological polar surface area (TPSA) is 46.6 Å². The summed E-state index contributed by atoms with van der Waals surface area (Å²) in [5.41, 5.74) is 2.00. The molecule has 4 nitrogen and oxygen atoms in total. The zero-order valence-corrected chi connectivity index (χ0v) is 14.0. The number of esters is 1. The van der Waals surface area contributed by atoms with Crippen LogP contribution in [-0.4, -0.2) is 36.5 Å². The lowest BCUT2D eigenvalue weighted by Gasteiger charge is -2.20. The van der Waals surface area contributed by atoms with E-state index in [1.807, 2.05) is 33.8 Å². The molecule has 0 fully saturated rings.